The molecule has 7 unspecified atom stereocenters. The average molecular weight is 579 g/mol. The van der Waals surface area contributed by atoms with Gasteiger partial charge in [-0.05, 0) is 75.7 Å². The molecule has 8 atom stereocenters. The molecule has 1 aromatic rings. The number of likely N-dealkylation sites (N-methyl/N-ethyl adjacent to an activating group) is 1. The van der Waals surface area contributed by atoms with E-state index in [1.165, 1.54) is 42.2 Å². The van der Waals surface area contributed by atoms with Crippen molar-refractivity contribution >= 4 is 17.7 Å². The number of rotatable bonds is 6. The molecule has 9 heteroatoms. The van der Waals surface area contributed by atoms with Gasteiger partial charge in [0.25, 0.3) is 0 Å². The van der Waals surface area contributed by atoms with Gasteiger partial charge in [-0.15, -0.1) is 11.8 Å². The third kappa shape index (κ3) is 5.97. The summed E-state index contributed by atoms with van der Waals surface area (Å²) in [6, 6.07) is 12.0. The Morgan fingerprint density at radius 3 is 2.85 bits per heavy atom. The number of benzene rings is 1. The van der Waals surface area contributed by atoms with Crippen LogP contribution in [0.4, 0.5) is 0 Å². The summed E-state index contributed by atoms with van der Waals surface area (Å²) in [7, 11) is 2.20. The van der Waals surface area contributed by atoms with Gasteiger partial charge < -0.3 is 14.5 Å². The maximum Gasteiger partial charge on any atom is 0.246 e. The molecular formula is C32H46N6O2S. The van der Waals surface area contributed by atoms with Crippen LogP contribution in [0.15, 0.2) is 41.8 Å². The van der Waals surface area contributed by atoms with E-state index in [-0.39, 0.29) is 29.2 Å². The Kier molecular flexibility index (Phi) is 8.79. The fourth-order valence-electron chi connectivity index (χ4n) is 8.26. The molecule has 1 amide bonds. The Morgan fingerprint density at radius 2 is 2.07 bits per heavy atom. The average Bonchev–Trinajstić information content (AvgIpc) is 3.39. The number of fused-ring (bicyclic) bond motifs is 2. The zero-order chi connectivity index (χ0) is 28.6. The molecule has 2 N–H and O–H groups in total. The predicted octanol–water partition coefficient (Wildman–Crippen LogP) is 3.72. The molecule has 0 bridgehead atoms. The minimum absolute atomic E-state index is 0.0775. The van der Waals surface area contributed by atoms with Crippen LogP contribution >= 0.6 is 11.8 Å². The third-order valence-electron chi connectivity index (χ3n) is 10.4. The van der Waals surface area contributed by atoms with Crippen LogP contribution < -0.4 is 10.6 Å². The summed E-state index contributed by atoms with van der Waals surface area (Å²) >= 11 is 2.11. The van der Waals surface area contributed by atoms with Crippen molar-refractivity contribution in [2.45, 2.75) is 98.1 Å². The number of nitrogens with one attached hydrogen (secondary N) is 2. The predicted molar refractivity (Wildman–Crippen MR) is 162 cm³/mol. The molecule has 1 saturated carbocycles. The molecule has 4 fully saturated rings. The van der Waals surface area contributed by atoms with E-state index in [0.717, 1.165) is 25.9 Å². The van der Waals surface area contributed by atoms with Crippen molar-refractivity contribution in [1.29, 1.82) is 5.26 Å². The maximum absolute atomic E-state index is 12.6. The van der Waals surface area contributed by atoms with Crippen molar-refractivity contribution in [2.24, 2.45) is 5.92 Å². The van der Waals surface area contributed by atoms with Gasteiger partial charge in [-0.2, -0.15) is 5.26 Å². The number of hydrogen-bond donors (Lipinski definition) is 2. The number of ether oxygens (including phenoxy) is 1. The van der Waals surface area contributed by atoms with E-state index in [0.29, 0.717) is 50.0 Å². The number of thioether (sulfide) groups is 1. The standard InChI is InChI=1S/C32H46N6O2S/c1-4-29(39)38-17-16-37(20-23(38)12-14-33)30-26-11-13-32(18-22(2)25-9-5-6-10-28(25)41-32)19-27(26)34-31(35-30)40-21-24-8-7-15-36(24)3/h4-6,9-10,22-24,26-27,30-31,34-35H,1,7-8,11-13,15-21H2,2-3H3/t22?,23?,24?,26?,27?,30?,31?,32-/m1/s1. The number of piperazine rings is 1. The lowest BCUT2D eigenvalue weighted by atomic mass is 9.71. The van der Waals surface area contributed by atoms with E-state index >= 15 is 0 Å². The van der Waals surface area contributed by atoms with Gasteiger partial charge in [0.2, 0.25) is 5.91 Å². The molecule has 6 rings (SSSR count). The Balaban J connectivity index is 1.22. The number of amides is 1. The highest BCUT2D eigenvalue weighted by Crippen LogP contribution is 2.56. The van der Waals surface area contributed by atoms with E-state index < -0.39 is 0 Å². The summed E-state index contributed by atoms with van der Waals surface area (Å²) < 4.78 is 6.82. The van der Waals surface area contributed by atoms with E-state index in [1.54, 1.807) is 0 Å². The second-order valence-electron chi connectivity index (χ2n) is 13.0. The van der Waals surface area contributed by atoms with Gasteiger partial charge in [-0.3, -0.25) is 20.3 Å². The van der Waals surface area contributed by atoms with Crippen LogP contribution in [0.1, 0.15) is 63.4 Å². The topological polar surface area (TPSA) is 83.9 Å². The minimum atomic E-state index is -0.217. The monoisotopic (exact) mass is 578 g/mol. The number of hydrogen-bond acceptors (Lipinski definition) is 8. The lowest BCUT2D eigenvalue weighted by Gasteiger charge is -2.56. The highest BCUT2D eigenvalue weighted by molar-refractivity contribution is 8.00. The van der Waals surface area contributed by atoms with Crippen molar-refractivity contribution in [1.82, 2.24) is 25.3 Å². The quantitative estimate of drug-likeness (QED) is 0.495. The molecule has 3 saturated heterocycles. The lowest BCUT2D eigenvalue weighted by Crippen LogP contribution is -2.72. The highest BCUT2D eigenvalue weighted by atomic mass is 32.2. The highest BCUT2D eigenvalue weighted by Gasteiger charge is 2.51. The van der Waals surface area contributed by atoms with Crippen LogP contribution in [-0.4, -0.2) is 95.8 Å². The summed E-state index contributed by atoms with van der Waals surface area (Å²) in [5.41, 5.74) is 1.50. The van der Waals surface area contributed by atoms with Gasteiger partial charge in [0, 0.05) is 47.3 Å². The first-order valence-electron chi connectivity index (χ1n) is 15.6. The van der Waals surface area contributed by atoms with Crippen LogP contribution in [0, 0.1) is 17.2 Å². The molecule has 41 heavy (non-hydrogen) atoms. The summed E-state index contributed by atoms with van der Waals surface area (Å²) in [6.07, 6.45) is 8.74. The molecular weight excluding hydrogens is 532 g/mol. The van der Waals surface area contributed by atoms with Crippen LogP contribution in [0.3, 0.4) is 0 Å². The van der Waals surface area contributed by atoms with Crippen LogP contribution in [0.25, 0.3) is 0 Å². The molecule has 0 radical (unpaired) electrons. The second-order valence-corrected chi connectivity index (χ2v) is 14.5. The molecule has 1 spiro atoms. The van der Waals surface area contributed by atoms with Gasteiger partial charge in [-0.25, -0.2) is 0 Å². The second kappa shape index (κ2) is 12.4. The first-order chi connectivity index (χ1) is 19.9. The van der Waals surface area contributed by atoms with Crippen LogP contribution in [-0.2, 0) is 9.53 Å². The summed E-state index contributed by atoms with van der Waals surface area (Å²) in [4.78, 5) is 20.8. The van der Waals surface area contributed by atoms with Crippen molar-refractivity contribution in [3.05, 3.63) is 42.5 Å². The molecule has 1 aliphatic carbocycles. The molecule has 4 aliphatic heterocycles. The van der Waals surface area contributed by atoms with E-state index in [2.05, 4.69) is 83.1 Å². The van der Waals surface area contributed by atoms with Gasteiger partial charge in [0.15, 0.2) is 6.35 Å². The lowest BCUT2D eigenvalue weighted by molar-refractivity contribution is -0.135. The number of carbonyl (C=O) groups excluding carboxylic acids is 1. The van der Waals surface area contributed by atoms with E-state index in [4.69, 9.17) is 4.74 Å². The zero-order valence-corrected chi connectivity index (χ0v) is 25.5. The van der Waals surface area contributed by atoms with Gasteiger partial charge >= 0.3 is 0 Å². The normalized spacial score (nSPS) is 37.8. The first kappa shape index (κ1) is 29.2. The summed E-state index contributed by atoms with van der Waals surface area (Å²) in [6.45, 7) is 10.0. The Labute approximate surface area is 249 Å². The van der Waals surface area contributed by atoms with Crippen molar-refractivity contribution in [2.75, 3.05) is 39.8 Å². The largest absolute Gasteiger partial charge is 0.348 e. The fraction of sp³-hybridized carbons (Fsp3) is 0.688. The molecule has 5 aliphatic rings. The number of carbonyl (C=O) groups is 1. The Morgan fingerprint density at radius 1 is 1.22 bits per heavy atom. The molecule has 0 aromatic heterocycles. The smallest absolute Gasteiger partial charge is 0.246 e. The minimum Gasteiger partial charge on any atom is -0.348 e. The Hall–Kier alpha value is -1.93. The number of nitrogens with zero attached hydrogens (tertiary/aromatic N) is 4. The molecule has 1 aromatic carbocycles. The van der Waals surface area contributed by atoms with Gasteiger partial charge in [-0.1, -0.05) is 31.7 Å². The maximum atomic E-state index is 12.6. The summed E-state index contributed by atoms with van der Waals surface area (Å²) in [5, 5.41) is 17.3. The van der Waals surface area contributed by atoms with E-state index in [9.17, 15) is 10.1 Å². The first-order valence-corrected chi connectivity index (χ1v) is 16.4. The fourth-order valence-corrected chi connectivity index (χ4v) is 10.1. The molecule has 4 heterocycles. The number of likely N-dealkylation sites (tertiary alicyclic amines) is 1. The Bertz CT molecular complexity index is 1160. The van der Waals surface area contributed by atoms with Crippen molar-refractivity contribution < 1.29 is 9.53 Å². The molecule has 8 nitrogen and oxygen atoms in total. The van der Waals surface area contributed by atoms with Crippen LogP contribution in [0.5, 0.6) is 0 Å². The molecule has 222 valence electrons. The SMILES string of the molecule is C=CC(=O)N1CCN(C2NC(OCC3CCCN3C)NC3C[C@@]4(CCC32)CC(C)c2ccccc2S4)CC1CC#N. The van der Waals surface area contributed by atoms with Gasteiger partial charge in [0.05, 0.1) is 31.3 Å². The van der Waals surface area contributed by atoms with E-state index in [1.807, 2.05) is 4.90 Å². The number of nitriles is 1. The summed E-state index contributed by atoms with van der Waals surface area (Å²) in [5.74, 6) is 0.923. The zero-order valence-electron chi connectivity index (χ0n) is 24.6. The van der Waals surface area contributed by atoms with Crippen molar-refractivity contribution in [3.8, 4) is 6.07 Å². The van der Waals surface area contributed by atoms with Gasteiger partial charge in [0.1, 0.15) is 0 Å². The third-order valence-corrected chi connectivity index (χ3v) is 12.0. The van der Waals surface area contributed by atoms with Crippen LogP contribution in [0.2, 0.25) is 0 Å². The van der Waals surface area contributed by atoms with Crippen molar-refractivity contribution in [3.63, 3.8) is 0 Å².